The Bertz CT molecular complexity index is 730. The molecule has 0 saturated carbocycles. The molecule has 7 nitrogen and oxygen atoms in total. The van der Waals surface area contributed by atoms with Crippen molar-refractivity contribution in [3.63, 3.8) is 0 Å². The molecule has 0 aliphatic carbocycles. The summed E-state index contributed by atoms with van der Waals surface area (Å²) >= 11 is 0. The van der Waals surface area contributed by atoms with Crippen LogP contribution in [0.1, 0.15) is 18.4 Å². The van der Waals surface area contributed by atoms with E-state index in [-0.39, 0.29) is 36.6 Å². The van der Waals surface area contributed by atoms with Crippen LogP contribution in [0.4, 0.5) is 0 Å². The van der Waals surface area contributed by atoms with Gasteiger partial charge >= 0.3 is 0 Å². The van der Waals surface area contributed by atoms with Gasteiger partial charge in [-0.25, -0.2) is 0 Å². The first-order valence-corrected chi connectivity index (χ1v) is 9.12. The van der Waals surface area contributed by atoms with E-state index in [9.17, 15) is 4.79 Å². The number of carbonyl (C=O) groups is 1. The summed E-state index contributed by atoms with van der Waals surface area (Å²) in [5.74, 6) is 1.47. The zero-order valence-electron chi connectivity index (χ0n) is 16.6. The third-order valence-electron chi connectivity index (χ3n) is 4.75. The topological polar surface area (TPSA) is 74.5 Å². The number of benzene rings is 1. The average Bonchev–Trinajstić information content (AvgIpc) is 3.11. The summed E-state index contributed by atoms with van der Waals surface area (Å²) in [7, 11) is 1.87. The van der Waals surface area contributed by atoms with Gasteiger partial charge in [-0.05, 0) is 14.0 Å². The van der Waals surface area contributed by atoms with Gasteiger partial charge in [0.25, 0.3) is 0 Å². The molecule has 1 fully saturated rings. The molecular weight excluding hydrogens is 401 g/mol. The Morgan fingerprint density at radius 2 is 1.82 bits per heavy atom. The lowest BCUT2D eigenvalue weighted by molar-refractivity contribution is -0.136. The van der Waals surface area contributed by atoms with Crippen molar-refractivity contribution >= 4 is 30.7 Å². The SMILES string of the molecule is CNCC(C)C(=O)N1CCN(Cc2nc(-c3ccc(C)cc3)no2)CC1.Cl.Cl. The van der Waals surface area contributed by atoms with Gasteiger partial charge in [0.1, 0.15) is 0 Å². The monoisotopic (exact) mass is 429 g/mol. The van der Waals surface area contributed by atoms with Crippen LogP contribution < -0.4 is 5.32 Å². The van der Waals surface area contributed by atoms with Crippen molar-refractivity contribution in [1.82, 2.24) is 25.3 Å². The first-order valence-electron chi connectivity index (χ1n) is 9.12. The van der Waals surface area contributed by atoms with Crippen molar-refractivity contribution in [3.05, 3.63) is 35.7 Å². The van der Waals surface area contributed by atoms with E-state index in [0.717, 1.165) is 31.7 Å². The average molecular weight is 430 g/mol. The van der Waals surface area contributed by atoms with Crippen molar-refractivity contribution in [2.45, 2.75) is 20.4 Å². The van der Waals surface area contributed by atoms with Crippen molar-refractivity contribution in [3.8, 4) is 11.4 Å². The lowest BCUT2D eigenvalue weighted by atomic mass is 10.1. The third-order valence-corrected chi connectivity index (χ3v) is 4.75. The first-order chi connectivity index (χ1) is 12.6. The maximum Gasteiger partial charge on any atom is 0.241 e. The predicted octanol–water partition coefficient (Wildman–Crippen LogP) is 2.39. The van der Waals surface area contributed by atoms with E-state index in [0.29, 0.717) is 24.8 Å². The van der Waals surface area contributed by atoms with Crippen molar-refractivity contribution < 1.29 is 9.32 Å². The molecule has 3 rings (SSSR count). The molecular formula is C19H29Cl2N5O2. The van der Waals surface area contributed by atoms with Crippen LogP contribution in [0.25, 0.3) is 11.4 Å². The largest absolute Gasteiger partial charge is 0.340 e. The first kappa shape index (κ1) is 24.4. The minimum Gasteiger partial charge on any atom is -0.340 e. The number of hydrogen-bond donors (Lipinski definition) is 1. The minimum absolute atomic E-state index is 0. The smallest absolute Gasteiger partial charge is 0.241 e. The Morgan fingerprint density at radius 3 is 2.43 bits per heavy atom. The zero-order chi connectivity index (χ0) is 18.5. The molecule has 1 saturated heterocycles. The highest BCUT2D eigenvalue weighted by Crippen LogP contribution is 2.17. The molecule has 0 spiro atoms. The number of hydrogen-bond acceptors (Lipinski definition) is 6. The van der Waals surface area contributed by atoms with Crippen LogP contribution in [0.3, 0.4) is 0 Å². The summed E-state index contributed by atoms with van der Waals surface area (Å²) in [6.45, 7) is 8.47. The standard InChI is InChI=1S/C19H27N5O2.2ClH/c1-14-4-6-16(7-5-14)18-21-17(26-22-18)13-23-8-10-24(11-9-23)19(25)15(2)12-20-3;;/h4-7,15,20H,8-13H2,1-3H3;2*1H. The second-order valence-corrected chi connectivity index (χ2v) is 6.94. The van der Waals surface area contributed by atoms with Crippen LogP contribution in [0.2, 0.25) is 0 Å². The van der Waals surface area contributed by atoms with Gasteiger partial charge in [-0.1, -0.05) is 41.9 Å². The molecule has 1 atom stereocenters. The van der Waals surface area contributed by atoms with Gasteiger partial charge in [0.15, 0.2) is 0 Å². The Morgan fingerprint density at radius 1 is 1.18 bits per heavy atom. The van der Waals surface area contributed by atoms with Gasteiger partial charge in [0.2, 0.25) is 17.6 Å². The Kier molecular flexibility index (Phi) is 9.89. The number of rotatable bonds is 6. The van der Waals surface area contributed by atoms with E-state index >= 15 is 0 Å². The summed E-state index contributed by atoms with van der Waals surface area (Å²) in [4.78, 5) is 21.1. The molecule has 1 aliphatic heterocycles. The highest BCUT2D eigenvalue weighted by molar-refractivity contribution is 5.85. The van der Waals surface area contributed by atoms with Gasteiger partial charge < -0.3 is 14.7 Å². The van der Waals surface area contributed by atoms with Gasteiger partial charge in [0.05, 0.1) is 6.54 Å². The molecule has 1 aromatic heterocycles. The van der Waals surface area contributed by atoms with Crippen molar-refractivity contribution in [1.29, 1.82) is 0 Å². The molecule has 2 aromatic rings. The number of nitrogens with one attached hydrogen (secondary N) is 1. The summed E-state index contributed by atoms with van der Waals surface area (Å²) in [5, 5.41) is 7.15. The van der Waals surface area contributed by atoms with E-state index < -0.39 is 0 Å². The van der Waals surface area contributed by atoms with Crippen LogP contribution in [-0.2, 0) is 11.3 Å². The molecule has 1 aromatic carbocycles. The number of aromatic nitrogens is 2. The summed E-state index contributed by atoms with van der Waals surface area (Å²) < 4.78 is 5.40. The molecule has 1 N–H and O–H groups in total. The summed E-state index contributed by atoms with van der Waals surface area (Å²) in [6, 6.07) is 8.08. The molecule has 2 heterocycles. The van der Waals surface area contributed by atoms with Crippen molar-refractivity contribution in [2.75, 3.05) is 39.8 Å². The fourth-order valence-electron chi connectivity index (χ4n) is 3.16. The number of halogens is 2. The number of piperazine rings is 1. The number of amides is 1. The Hall–Kier alpha value is -1.67. The van der Waals surface area contributed by atoms with Crippen LogP contribution >= 0.6 is 24.8 Å². The molecule has 1 amide bonds. The number of aryl methyl sites for hydroxylation is 1. The number of carbonyl (C=O) groups excluding carboxylic acids is 1. The normalized spacial score (nSPS) is 15.5. The molecule has 0 radical (unpaired) electrons. The van der Waals surface area contributed by atoms with E-state index in [4.69, 9.17) is 4.52 Å². The minimum atomic E-state index is 0. The van der Waals surface area contributed by atoms with Gasteiger partial charge in [0, 0.05) is 44.2 Å². The molecule has 0 bridgehead atoms. The fourth-order valence-corrected chi connectivity index (χ4v) is 3.16. The molecule has 1 aliphatic rings. The lowest BCUT2D eigenvalue weighted by Crippen LogP contribution is -2.50. The zero-order valence-corrected chi connectivity index (χ0v) is 18.2. The highest BCUT2D eigenvalue weighted by Gasteiger charge is 2.25. The quantitative estimate of drug-likeness (QED) is 0.759. The maximum absolute atomic E-state index is 12.4. The van der Waals surface area contributed by atoms with E-state index in [1.807, 2.05) is 43.1 Å². The molecule has 156 valence electrons. The third kappa shape index (κ3) is 6.17. The Labute approximate surface area is 178 Å². The van der Waals surface area contributed by atoms with E-state index in [1.165, 1.54) is 5.56 Å². The lowest BCUT2D eigenvalue weighted by Gasteiger charge is -2.35. The number of nitrogens with zero attached hydrogens (tertiary/aromatic N) is 4. The molecule has 28 heavy (non-hydrogen) atoms. The molecule has 9 heteroatoms. The summed E-state index contributed by atoms with van der Waals surface area (Å²) in [5.41, 5.74) is 2.16. The van der Waals surface area contributed by atoms with Gasteiger partial charge in [-0.15, -0.1) is 24.8 Å². The van der Waals surface area contributed by atoms with Crippen LogP contribution in [-0.4, -0.2) is 65.6 Å². The van der Waals surface area contributed by atoms with Gasteiger partial charge in [-0.3, -0.25) is 9.69 Å². The van der Waals surface area contributed by atoms with Crippen LogP contribution in [0, 0.1) is 12.8 Å². The summed E-state index contributed by atoms with van der Waals surface area (Å²) in [6.07, 6.45) is 0. The predicted molar refractivity (Wildman–Crippen MR) is 114 cm³/mol. The van der Waals surface area contributed by atoms with Crippen LogP contribution in [0.15, 0.2) is 28.8 Å². The Balaban J connectivity index is 0.00000196. The second-order valence-electron chi connectivity index (χ2n) is 6.94. The molecule has 1 unspecified atom stereocenters. The maximum atomic E-state index is 12.4. The van der Waals surface area contributed by atoms with Gasteiger partial charge in [-0.2, -0.15) is 4.98 Å². The van der Waals surface area contributed by atoms with Crippen molar-refractivity contribution in [2.24, 2.45) is 5.92 Å². The second kappa shape index (κ2) is 11.4. The van der Waals surface area contributed by atoms with E-state index in [2.05, 4.69) is 27.3 Å². The van der Waals surface area contributed by atoms with Crippen LogP contribution in [0.5, 0.6) is 0 Å². The van der Waals surface area contributed by atoms with E-state index in [1.54, 1.807) is 0 Å². The fraction of sp³-hybridized carbons (Fsp3) is 0.526. The highest BCUT2D eigenvalue weighted by atomic mass is 35.5.